The molecule has 2 aliphatic heterocycles. The van der Waals surface area contributed by atoms with E-state index in [9.17, 15) is 0 Å². The molecule has 3 unspecified atom stereocenters. The third-order valence-electron chi connectivity index (χ3n) is 3.58. The van der Waals surface area contributed by atoms with Crippen molar-refractivity contribution in [3.8, 4) is 0 Å². The zero-order valence-corrected chi connectivity index (χ0v) is 8.67. The molecule has 0 amide bonds. The van der Waals surface area contributed by atoms with Crippen LogP contribution >= 0.6 is 0 Å². The molecule has 0 aromatic rings. The van der Waals surface area contributed by atoms with Gasteiger partial charge in [0, 0.05) is 13.7 Å². The second-order valence-electron chi connectivity index (χ2n) is 4.54. The van der Waals surface area contributed by atoms with E-state index in [1.54, 1.807) is 0 Å². The highest BCUT2D eigenvalue weighted by atomic mass is 16.5. The van der Waals surface area contributed by atoms with Crippen molar-refractivity contribution in [1.82, 2.24) is 4.90 Å². The molecule has 0 spiro atoms. The second kappa shape index (κ2) is 4.43. The predicted octanol–water partition coefficient (Wildman–Crippen LogP) is 1.90. The summed E-state index contributed by atoms with van der Waals surface area (Å²) in [6.45, 7) is 3.78. The topological polar surface area (TPSA) is 12.5 Å². The molecule has 0 N–H and O–H groups in total. The van der Waals surface area contributed by atoms with Crippen LogP contribution in [-0.4, -0.2) is 37.7 Å². The number of methoxy groups -OCH3 is 1. The molecule has 2 bridgehead atoms. The molecule has 2 nitrogen and oxygen atoms in total. The molecule has 76 valence electrons. The number of hydrogen-bond acceptors (Lipinski definition) is 2. The molecule has 0 aliphatic carbocycles. The summed E-state index contributed by atoms with van der Waals surface area (Å²) in [6, 6.07) is 0. The SMILES string of the molecule is COC1CC2CCCCN(CC2)C1. The van der Waals surface area contributed by atoms with Gasteiger partial charge in [0.15, 0.2) is 0 Å². The Morgan fingerprint density at radius 3 is 2.92 bits per heavy atom. The minimum absolute atomic E-state index is 0.505. The van der Waals surface area contributed by atoms with Crippen molar-refractivity contribution in [2.45, 2.75) is 38.2 Å². The average molecular weight is 183 g/mol. The van der Waals surface area contributed by atoms with Crippen LogP contribution in [0.25, 0.3) is 0 Å². The van der Waals surface area contributed by atoms with Crippen LogP contribution in [-0.2, 0) is 4.74 Å². The molecule has 0 radical (unpaired) electrons. The van der Waals surface area contributed by atoms with Crippen molar-refractivity contribution in [2.24, 2.45) is 5.92 Å². The van der Waals surface area contributed by atoms with Gasteiger partial charge in [-0.1, -0.05) is 12.8 Å². The monoisotopic (exact) mass is 183 g/mol. The Balaban J connectivity index is 2.00. The highest BCUT2D eigenvalue weighted by Gasteiger charge is 2.25. The van der Waals surface area contributed by atoms with Crippen molar-refractivity contribution in [3.05, 3.63) is 0 Å². The summed E-state index contributed by atoms with van der Waals surface area (Å²) in [4.78, 5) is 2.59. The van der Waals surface area contributed by atoms with Gasteiger partial charge in [0.2, 0.25) is 0 Å². The molecule has 2 heterocycles. The van der Waals surface area contributed by atoms with E-state index in [-0.39, 0.29) is 0 Å². The van der Waals surface area contributed by atoms with E-state index >= 15 is 0 Å². The van der Waals surface area contributed by atoms with Crippen LogP contribution in [0.4, 0.5) is 0 Å². The summed E-state index contributed by atoms with van der Waals surface area (Å²) in [7, 11) is 1.86. The lowest BCUT2D eigenvalue weighted by molar-refractivity contribution is 0.0652. The predicted molar refractivity (Wildman–Crippen MR) is 53.8 cm³/mol. The zero-order valence-electron chi connectivity index (χ0n) is 8.67. The van der Waals surface area contributed by atoms with Crippen LogP contribution in [0.1, 0.15) is 32.1 Å². The van der Waals surface area contributed by atoms with Crippen molar-refractivity contribution in [3.63, 3.8) is 0 Å². The van der Waals surface area contributed by atoms with Gasteiger partial charge in [-0.05, 0) is 38.3 Å². The van der Waals surface area contributed by atoms with Gasteiger partial charge in [0.1, 0.15) is 0 Å². The molecular weight excluding hydrogens is 162 g/mol. The number of ether oxygens (including phenoxy) is 1. The Bertz CT molecular complexity index is 144. The molecule has 2 aliphatic rings. The van der Waals surface area contributed by atoms with Gasteiger partial charge < -0.3 is 9.64 Å². The zero-order chi connectivity index (χ0) is 9.10. The van der Waals surface area contributed by atoms with Crippen LogP contribution in [0, 0.1) is 5.92 Å². The fourth-order valence-corrected chi connectivity index (χ4v) is 2.71. The molecule has 2 heteroatoms. The first-order valence-electron chi connectivity index (χ1n) is 5.63. The Hall–Kier alpha value is -0.0800. The first-order valence-corrected chi connectivity index (χ1v) is 5.63. The highest BCUT2D eigenvalue weighted by molar-refractivity contribution is 4.79. The normalized spacial score (nSPS) is 40.8. The van der Waals surface area contributed by atoms with Gasteiger partial charge in [0.25, 0.3) is 0 Å². The number of hydrogen-bond donors (Lipinski definition) is 0. The summed E-state index contributed by atoms with van der Waals surface area (Å²) in [5.41, 5.74) is 0. The Labute approximate surface area is 81.3 Å². The lowest BCUT2D eigenvalue weighted by atomic mass is 9.93. The second-order valence-corrected chi connectivity index (χ2v) is 4.54. The van der Waals surface area contributed by atoms with Crippen molar-refractivity contribution in [1.29, 1.82) is 0 Å². The third kappa shape index (κ3) is 2.44. The van der Waals surface area contributed by atoms with Crippen LogP contribution in [0.2, 0.25) is 0 Å². The Kier molecular flexibility index (Phi) is 3.23. The molecule has 13 heavy (non-hydrogen) atoms. The van der Waals surface area contributed by atoms with Crippen LogP contribution < -0.4 is 0 Å². The van der Waals surface area contributed by atoms with E-state index in [4.69, 9.17) is 4.74 Å². The van der Waals surface area contributed by atoms with Gasteiger partial charge >= 0.3 is 0 Å². The molecule has 2 rings (SSSR count). The Morgan fingerprint density at radius 2 is 2.08 bits per heavy atom. The van der Waals surface area contributed by atoms with Crippen molar-refractivity contribution < 1.29 is 4.74 Å². The largest absolute Gasteiger partial charge is 0.380 e. The molecule has 0 aromatic carbocycles. The third-order valence-corrected chi connectivity index (χ3v) is 3.58. The summed E-state index contributed by atoms with van der Waals surface area (Å²) >= 11 is 0. The lowest BCUT2D eigenvalue weighted by Crippen LogP contribution is -2.32. The summed E-state index contributed by atoms with van der Waals surface area (Å²) < 4.78 is 5.52. The number of nitrogens with zero attached hydrogens (tertiary/aromatic N) is 1. The van der Waals surface area contributed by atoms with Crippen molar-refractivity contribution >= 4 is 0 Å². The summed E-state index contributed by atoms with van der Waals surface area (Å²) in [5.74, 6) is 0.940. The summed E-state index contributed by atoms with van der Waals surface area (Å²) in [6.07, 6.45) is 7.47. The van der Waals surface area contributed by atoms with Gasteiger partial charge in [-0.25, -0.2) is 0 Å². The summed E-state index contributed by atoms with van der Waals surface area (Å²) in [5, 5.41) is 0. The average Bonchev–Trinajstić information content (AvgIpc) is 2.24. The van der Waals surface area contributed by atoms with E-state index in [1.165, 1.54) is 51.7 Å². The van der Waals surface area contributed by atoms with Crippen LogP contribution in [0.15, 0.2) is 0 Å². The molecular formula is C11H21NO. The first kappa shape index (κ1) is 9.47. The van der Waals surface area contributed by atoms with Gasteiger partial charge in [0.05, 0.1) is 6.10 Å². The Morgan fingerprint density at radius 1 is 1.15 bits per heavy atom. The molecule has 0 aromatic heterocycles. The molecule has 3 atom stereocenters. The standard InChI is InChI=1S/C11H21NO/c1-13-11-8-10-4-2-3-6-12(9-11)7-5-10/h10-11H,2-9H2,1H3. The van der Waals surface area contributed by atoms with Gasteiger partial charge in [-0.2, -0.15) is 0 Å². The smallest absolute Gasteiger partial charge is 0.0700 e. The van der Waals surface area contributed by atoms with E-state index < -0.39 is 0 Å². The van der Waals surface area contributed by atoms with Gasteiger partial charge in [-0.15, -0.1) is 0 Å². The van der Waals surface area contributed by atoms with Crippen molar-refractivity contribution in [2.75, 3.05) is 26.7 Å². The highest BCUT2D eigenvalue weighted by Crippen LogP contribution is 2.26. The number of fused-ring (bicyclic) bond motifs is 3. The fraction of sp³-hybridized carbons (Fsp3) is 1.00. The maximum absolute atomic E-state index is 5.52. The number of rotatable bonds is 1. The maximum Gasteiger partial charge on any atom is 0.0700 e. The van der Waals surface area contributed by atoms with Crippen LogP contribution in [0.3, 0.4) is 0 Å². The molecule has 2 saturated heterocycles. The minimum Gasteiger partial charge on any atom is -0.380 e. The van der Waals surface area contributed by atoms with E-state index in [0.717, 1.165) is 5.92 Å². The van der Waals surface area contributed by atoms with E-state index in [0.29, 0.717) is 6.10 Å². The first-order chi connectivity index (χ1) is 6.38. The quantitative estimate of drug-likeness (QED) is 0.615. The lowest BCUT2D eigenvalue weighted by Gasteiger charge is -2.23. The molecule has 0 saturated carbocycles. The minimum atomic E-state index is 0.505. The van der Waals surface area contributed by atoms with Gasteiger partial charge in [-0.3, -0.25) is 0 Å². The van der Waals surface area contributed by atoms with E-state index in [1.807, 2.05) is 7.11 Å². The maximum atomic E-state index is 5.52. The van der Waals surface area contributed by atoms with E-state index in [2.05, 4.69) is 4.90 Å². The van der Waals surface area contributed by atoms with Crippen LogP contribution in [0.5, 0.6) is 0 Å². The fourth-order valence-electron chi connectivity index (χ4n) is 2.71. The molecule has 2 fully saturated rings.